The van der Waals surface area contributed by atoms with Gasteiger partial charge in [-0.2, -0.15) is 0 Å². The zero-order valence-electron chi connectivity index (χ0n) is 40.7. The van der Waals surface area contributed by atoms with Crippen LogP contribution in [0.4, 0.5) is 0 Å². The Morgan fingerprint density at radius 3 is 1.03 bits per heavy atom. The number of ether oxygens (including phenoxy) is 2. The van der Waals surface area contributed by atoms with Crippen molar-refractivity contribution in [2.75, 3.05) is 13.2 Å². The lowest BCUT2D eigenvalue weighted by Gasteiger charge is -2.18. The van der Waals surface area contributed by atoms with Crippen LogP contribution in [0, 0.1) is 0 Å². The van der Waals surface area contributed by atoms with Gasteiger partial charge in [0.15, 0.2) is 0 Å². The molecule has 0 spiro atoms. The molecule has 0 unspecified atom stereocenters. The van der Waals surface area contributed by atoms with Crippen LogP contribution in [0.15, 0.2) is 48.5 Å². The Labute approximate surface area is 385 Å². The van der Waals surface area contributed by atoms with Gasteiger partial charge in [0.1, 0.15) is 11.5 Å². The van der Waals surface area contributed by atoms with Gasteiger partial charge in [-0.25, -0.2) is 0 Å². The molecule has 0 bridgehead atoms. The molecule has 0 saturated heterocycles. The number of hydrogen-bond acceptors (Lipinski definition) is 3. The van der Waals surface area contributed by atoms with Crippen LogP contribution in [0.1, 0.15) is 275 Å². The SMILES string of the molecule is CCCCCCCCCCCCCCCCCCCCOc1cc(C=CC(=S)c2ccccc2)cc(OCCCCCCCCCCCCCCCCCCCC)c1CCC. The molecule has 348 valence electrons. The first-order chi connectivity index (χ1) is 30.2. The maximum Gasteiger partial charge on any atom is 0.126 e. The number of unbranched alkanes of at least 4 members (excludes halogenated alkanes) is 34. The predicted molar refractivity (Wildman–Crippen MR) is 276 cm³/mol. The minimum Gasteiger partial charge on any atom is -0.493 e. The maximum atomic E-state index is 6.59. The van der Waals surface area contributed by atoms with Crippen LogP contribution < -0.4 is 9.47 Å². The van der Waals surface area contributed by atoms with Gasteiger partial charge in [0, 0.05) is 10.4 Å². The molecule has 0 aromatic heterocycles. The normalized spacial score (nSPS) is 11.5. The van der Waals surface area contributed by atoms with Crippen LogP contribution in [0.3, 0.4) is 0 Å². The molecular weight excluding hydrogens is 761 g/mol. The topological polar surface area (TPSA) is 18.5 Å². The monoisotopic (exact) mass is 859 g/mol. The first-order valence-corrected chi connectivity index (χ1v) is 27.3. The van der Waals surface area contributed by atoms with Crippen LogP contribution in [-0.2, 0) is 6.42 Å². The molecule has 0 aliphatic heterocycles. The minimum absolute atomic E-state index is 0.768. The van der Waals surface area contributed by atoms with Crippen molar-refractivity contribution in [2.24, 2.45) is 0 Å². The second kappa shape index (κ2) is 41.9. The summed E-state index contributed by atoms with van der Waals surface area (Å²) < 4.78 is 13.2. The van der Waals surface area contributed by atoms with Crippen molar-refractivity contribution in [3.05, 3.63) is 65.2 Å². The highest BCUT2D eigenvalue weighted by Crippen LogP contribution is 2.33. The fourth-order valence-electron chi connectivity index (χ4n) is 8.73. The molecule has 2 aromatic carbocycles. The molecule has 0 heterocycles. The van der Waals surface area contributed by atoms with Crippen LogP contribution >= 0.6 is 12.2 Å². The van der Waals surface area contributed by atoms with Crippen molar-refractivity contribution < 1.29 is 9.47 Å². The first kappa shape index (κ1) is 55.0. The van der Waals surface area contributed by atoms with Gasteiger partial charge in [0.05, 0.1) is 13.2 Å². The van der Waals surface area contributed by atoms with Crippen LogP contribution in [-0.4, -0.2) is 18.1 Å². The third kappa shape index (κ3) is 31.4. The Balaban J connectivity index is 1.68. The standard InChI is InChI=1S/C58H98O2S/c1-4-7-9-11-13-15-17-19-21-23-25-27-29-31-33-35-37-42-49-59-56-51-53(47-48-58(61)54-45-40-39-41-46-54)52-57(55(56)44-6-3)60-50-43-38-36-34-32-30-28-26-24-22-20-18-16-14-12-10-8-5-2/h39-41,45-48,51-52H,4-38,42-44,49-50H2,1-3H3. The average molecular weight is 859 g/mol. The fourth-order valence-corrected chi connectivity index (χ4v) is 8.94. The van der Waals surface area contributed by atoms with Gasteiger partial charge < -0.3 is 9.47 Å². The summed E-state index contributed by atoms with van der Waals surface area (Å²) in [6.45, 7) is 8.40. The molecular formula is C58H98O2S. The Kier molecular flexibility index (Phi) is 37.7. The molecule has 2 rings (SSSR count). The van der Waals surface area contributed by atoms with E-state index in [9.17, 15) is 0 Å². The second-order valence-electron chi connectivity index (χ2n) is 18.5. The number of hydrogen-bond donors (Lipinski definition) is 0. The first-order valence-electron chi connectivity index (χ1n) is 26.9. The summed E-state index contributed by atoms with van der Waals surface area (Å²) in [6.07, 6.45) is 56.3. The maximum absolute atomic E-state index is 6.59. The minimum atomic E-state index is 0.768. The van der Waals surface area contributed by atoms with Gasteiger partial charge >= 0.3 is 0 Å². The van der Waals surface area contributed by atoms with Crippen molar-refractivity contribution in [3.8, 4) is 11.5 Å². The zero-order valence-corrected chi connectivity index (χ0v) is 41.5. The van der Waals surface area contributed by atoms with E-state index in [1.54, 1.807) is 0 Å². The lowest BCUT2D eigenvalue weighted by molar-refractivity contribution is 0.284. The fraction of sp³-hybridized carbons (Fsp3) is 0.741. The molecule has 0 radical (unpaired) electrons. The smallest absolute Gasteiger partial charge is 0.126 e. The van der Waals surface area contributed by atoms with E-state index in [1.165, 1.54) is 224 Å². The van der Waals surface area contributed by atoms with E-state index in [-0.39, 0.29) is 0 Å². The van der Waals surface area contributed by atoms with Crippen LogP contribution in [0.2, 0.25) is 0 Å². The summed E-state index contributed by atoms with van der Waals surface area (Å²) in [4.78, 5) is 0.848. The number of thiocarbonyl (C=S) groups is 1. The zero-order chi connectivity index (χ0) is 43.5. The molecule has 0 N–H and O–H groups in total. The average Bonchev–Trinajstić information content (AvgIpc) is 3.28. The van der Waals surface area contributed by atoms with Gasteiger partial charge in [-0.1, -0.05) is 294 Å². The highest BCUT2D eigenvalue weighted by molar-refractivity contribution is 7.81. The van der Waals surface area contributed by atoms with Gasteiger partial charge in [0.2, 0.25) is 0 Å². The van der Waals surface area contributed by atoms with E-state index in [2.05, 4.69) is 57.2 Å². The predicted octanol–water partition coefficient (Wildman–Crippen LogP) is 19.9. The van der Waals surface area contributed by atoms with Crippen molar-refractivity contribution in [2.45, 2.75) is 265 Å². The third-order valence-corrected chi connectivity index (χ3v) is 13.1. The molecule has 0 fully saturated rings. The van der Waals surface area contributed by atoms with E-state index in [0.717, 1.165) is 66.4 Å². The summed E-state index contributed by atoms with van der Waals surface area (Å²) in [6, 6.07) is 14.7. The summed E-state index contributed by atoms with van der Waals surface area (Å²) in [5.41, 5.74) is 3.40. The molecule has 0 amide bonds. The van der Waals surface area contributed by atoms with Gasteiger partial charge in [-0.05, 0) is 48.6 Å². The molecule has 0 atom stereocenters. The van der Waals surface area contributed by atoms with Crippen molar-refractivity contribution in [1.29, 1.82) is 0 Å². The van der Waals surface area contributed by atoms with Crippen LogP contribution in [0.5, 0.6) is 11.5 Å². The lowest BCUT2D eigenvalue weighted by Crippen LogP contribution is -2.05. The summed E-state index contributed by atoms with van der Waals surface area (Å²) in [5.74, 6) is 1.99. The highest BCUT2D eigenvalue weighted by atomic mass is 32.1. The van der Waals surface area contributed by atoms with Crippen molar-refractivity contribution in [3.63, 3.8) is 0 Å². The Morgan fingerprint density at radius 2 is 0.721 bits per heavy atom. The molecule has 2 nitrogen and oxygen atoms in total. The van der Waals surface area contributed by atoms with Crippen molar-refractivity contribution >= 4 is 23.2 Å². The Hall–Kier alpha value is -2.13. The van der Waals surface area contributed by atoms with Gasteiger partial charge in [0.25, 0.3) is 0 Å². The molecule has 0 saturated carbocycles. The van der Waals surface area contributed by atoms with E-state index in [0.29, 0.717) is 0 Å². The third-order valence-electron chi connectivity index (χ3n) is 12.7. The molecule has 2 aromatic rings. The molecule has 61 heavy (non-hydrogen) atoms. The van der Waals surface area contributed by atoms with Gasteiger partial charge in [-0.15, -0.1) is 0 Å². The molecule has 0 aliphatic rings. The van der Waals surface area contributed by atoms with Gasteiger partial charge in [-0.3, -0.25) is 0 Å². The van der Waals surface area contributed by atoms with E-state index < -0.39 is 0 Å². The van der Waals surface area contributed by atoms with E-state index in [4.69, 9.17) is 21.7 Å². The summed E-state index contributed by atoms with van der Waals surface area (Å²) >= 11 is 5.77. The molecule has 0 aliphatic carbocycles. The Bertz CT molecular complexity index is 1220. The number of rotatable bonds is 45. The quantitative estimate of drug-likeness (QED) is 0.0286. The largest absolute Gasteiger partial charge is 0.493 e. The number of benzene rings is 2. The second-order valence-corrected chi connectivity index (χ2v) is 19.0. The number of allylic oxidation sites excluding steroid dienone is 1. The highest BCUT2D eigenvalue weighted by Gasteiger charge is 2.13. The van der Waals surface area contributed by atoms with E-state index in [1.807, 2.05) is 18.2 Å². The van der Waals surface area contributed by atoms with Crippen molar-refractivity contribution in [1.82, 2.24) is 0 Å². The van der Waals surface area contributed by atoms with E-state index >= 15 is 0 Å². The summed E-state index contributed by atoms with van der Waals surface area (Å²) in [5, 5.41) is 0. The Morgan fingerprint density at radius 1 is 0.410 bits per heavy atom. The summed E-state index contributed by atoms with van der Waals surface area (Å²) in [7, 11) is 0. The lowest BCUT2D eigenvalue weighted by atomic mass is 10.0. The molecule has 3 heteroatoms. The van der Waals surface area contributed by atoms with Crippen LogP contribution in [0.25, 0.3) is 6.08 Å².